The first-order valence-corrected chi connectivity index (χ1v) is 13.5. The second kappa shape index (κ2) is 11.9. The topological polar surface area (TPSA) is 97.1 Å². The molecule has 1 aliphatic carbocycles. The van der Waals surface area contributed by atoms with Crippen LogP contribution in [0.5, 0.6) is 17.5 Å². The van der Waals surface area contributed by atoms with Crippen LogP contribution in [-0.2, 0) is 12.8 Å². The number of benzene rings is 1. The molecule has 1 unspecified atom stereocenters. The van der Waals surface area contributed by atoms with E-state index >= 15 is 0 Å². The highest BCUT2D eigenvalue weighted by Crippen LogP contribution is 2.45. The molecular weight excluding hydrogens is 556 g/mol. The van der Waals surface area contributed by atoms with Crippen molar-refractivity contribution in [1.82, 2.24) is 29.5 Å². The van der Waals surface area contributed by atoms with E-state index in [1.807, 2.05) is 0 Å². The quantitative estimate of drug-likeness (QED) is 0.174. The summed E-state index contributed by atoms with van der Waals surface area (Å²) in [6.45, 7) is 5.22. The van der Waals surface area contributed by atoms with Crippen LogP contribution in [0.4, 0.5) is 17.6 Å². The highest BCUT2D eigenvalue weighted by Gasteiger charge is 2.35. The Hall–Kier alpha value is -4.29. The number of methoxy groups -OCH3 is 1. The average Bonchev–Trinajstić information content (AvgIpc) is 3.72. The maximum absolute atomic E-state index is 14.2. The van der Waals surface area contributed by atoms with Crippen molar-refractivity contribution in [2.45, 2.75) is 71.1 Å². The van der Waals surface area contributed by atoms with Crippen molar-refractivity contribution in [3.05, 3.63) is 59.9 Å². The Morgan fingerprint density at radius 1 is 1.02 bits per heavy atom. The van der Waals surface area contributed by atoms with Gasteiger partial charge in [0.1, 0.15) is 24.3 Å². The van der Waals surface area contributed by atoms with Crippen molar-refractivity contribution in [3.8, 4) is 40.3 Å². The summed E-state index contributed by atoms with van der Waals surface area (Å²) in [6.07, 6.45) is -0.297. The Labute approximate surface area is 239 Å². The number of aromatic nitrogens is 6. The number of rotatable bonds is 11. The first-order valence-electron chi connectivity index (χ1n) is 13.5. The third kappa shape index (κ3) is 6.29. The van der Waals surface area contributed by atoms with Crippen LogP contribution in [0.3, 0.4) is 0 Å². The van der Waals surface area contributed by atoms with Crippen LogP contribution in [0.25, 0.3) is 22.8 Å². The van der Waals surface area contributed by atoms with Crippen LogP contribution in [-0.4, -0.2) is 43.0 Å². The molecule has 13 heteroatoms. The molecular formula is C29H30F4N6O3. The summed E-state index contributed by atoms with van der Waals surface area (Å²) in [4.78, 5) is 21.4. The second-order valence-corrected chi connectivity index (χ2v) is 10.2. The van der Waals surface area contributed by atoms with Crippen molar-refractivity contribution in [1.29, 1.82) is 0 Å². The molecule has 222 valence electrons. The van der Waals surface area contributed by atoms with Gasteiger partial charge in [-0.05, 0) is 32.3 Å². The Bertz CT molecular complexity index is 1540. The van der Waals surface area contributed by atoms with E-state index in [-0.39, 0.29) is 48.3 Å². The minimum Gasteiger partial charge on any atom is -0.480 e. The van der Waals surface area contributed by atoms with Crippen molar-refractivity contribution >= 4 is 0 Å². The summed E-state index contributed by atoms with van der Waals surface area (Å²) in [5, 5.41) is 0. The monoisotopic (exact) mass is 586 g/mol. The van der Waals surface area contributed by atoms with Gasteiger partial charge >= 0.3 is 6.18 Å². The summed E-state index contributed by atoms with van der Waals surface area (Å²) < 4.78 is 72.4. The molecule has 0 aliphatic heterocycles. The minimum atomic E-state index is -4.55. The lowest BCUT2D eigenvalue weighted by Gasteiger charge is -2.16. The highest BCUT2D eigenvalue weighted by molar-refractivity contribution is 5.66. The van der Waals surface area contributed by atoms with E-state index in [9.17, 15) is 17.6 Å². The number of alkyl halides is 4. The van der Waals surface area contributed by atoms with E-state index in [0.29, 0.717) is 22.6 Å². The maximum atomic E-state index is 14.2. The van der Waals surface area contributed by atoms with Gasteiger partial charge in [-0.25, -0.2) is 24.3 Å². The molecule has 1 aromatic carbocycles. The lowest BCUT2D eigenvalue weighted by molar-refractivity contribution is -0.140. The molecule has 0 spiro atoms. The van der Waals surface area contributed by atoms with Crippen molar-refractivity contribution in [2.75, 3.05) is 7.11 Å². The van der Waals surface area contributed by atoms with Crippen molar-refractivity contribution in [3.63, 3.8) is 0 Å². The third-order valence-corrected chi connectivity index (χ3v) is 6.69. The van der Waals surface area contributed by atoms with Crippen LogP contribution >= 0.6 is 0 Å². The van der Waals surface area contributed by atoms with E-state index in [4.69, 9.17) is 14.2 Å². The average molecular weight is 587 g/mol. The van der Waals surface area contributed by atoms with Gasteiger partial charge in [-0.1, -0.05) is 31.2 Å². The van der Waals surface area contributed by atoms with E-state index < -0.39 is 18.2 Å². The normalized spacial score (nSPS) is 14.2. The molecule has 1 fully saturated rings. The zero-order valence-corrected chi connectivity index (χ0v) is 23.5. The first kappa shape index (κ1) is 29.2. The van der Waals surface area contributed by atoms with Gasteiger partial charge in [0.05, 0.1) is 19.0 Å². The molecule has 0 bridgehead atoms. The molecule has 5 rings (SSSR count). The van der Waals surface area contributed by atoms with E-state index in [1.165, 1.54) is 24.2 Å². The van der Waals surface area contributed by atoms with Crippen LogP contribution < -0.4 is 14.2 Å². The zero-order valence-electron chi connectivity index (χ0n) is 23.5. The molecule has 3 heterocycles. The number of hydrogen-bond donors (Lipinski definition) is 0. The largest absolute Gasteiger partial charge is 0.480 e. The van der Waals surface area contributed by atoms with Crippen LogP contribution in [0, 0.1) is 0 Å². The lowest BCUT2D eigenvalue weighted by atomic mass is 10.1. The van der Waals surface area contributed by atoms with Gasteiger partial charge in [0, 0.05) is 30.1 Å². The Kier molecular flexibility index (Phi) is 8.28. The van der Waals surface area contributed by atoms with Gasteiger partial charge in [0.25, 0.3) is 5.88 Å². The molecule has 3 aromatic heterocycles. The van der Waals surface area contributed by atoms with Gasteiger partial charge in [-0.2, -0.15) is 18.2 Å². The molecule has 1 saturated carbocycles. The summed E-state index contributed by atoms with van der Waals surface area (Å²) in [5.74, 6) is 1.05. The van der Waals surface area contributed by atoms with E-state index in [0.717, 1.165) is 24.7 Å². The molecule has 4 aromatic rings. The summed E-state index contributed by atoms with van der Waals surface area (Å²) in [6, 6.07) is 6.55. The molecule has 42 heavy (non-hydrogen) atoms. The maximum Gasteiger partial charge on any atom is 0.434 e. The predicted octanol–water partition coefficient (Wildman–Crippen LogP) is 6.95. The van der Waals surface area contributed by atoms with Crippen molar-refractivity contribution < 1.29 is 31.8 Å². The van der Waals surface area contributed by atoms with Crippen LogP contribution in [0.1, 0.15) is 68.9 Å². The fourth-order valence-corrected chi connectivity index (χ4v) is 4.33. The molecule has 1 atom stereocenters. The van der Waals surface area contributed by atoms with E-state index in [2.05, 4.69) is 24.9 Å². The summed E-state index contributed by atoms with van der Waals surface area (Å²) >= 11 is 0. The fourth-order valence-electron chi connectivity index (χ4n) is 4.33. The lowest BCUT2D eigenvalue weighted by Crippen LogP contribution is -2.11. The second-order valence-electron chi connectivity index (χ2n) is 10.2. The molecule has 1 aliphatic rings. The smallest absolute Gasteiger partial charge is 0.434 e. The molecule has 0 radical (unpaired) electrons. The fraction of sp³-hybridized carbons (Fsp3) is 0.414. The van der Waals surface area contributed by atoms with Gasteiger partial charge in [0.2, 0.25) is 18.0 Å². The third-order valence-electron chi connectivity index (χ3n) is 6.69. The minimum absolute atomic E-state index is 0.0120. The van der Waals surface area contributed by atoms with Gasteiger partial charge in [0.15, 0.2) is 11.5 Å². The summed E-state index contributed by atoms with van der Waals surface area (Å²) in [5.41, 5.74) is 1.56. The Morgan fingerprint density at radius 2 is 1.76 bits per heavy atom. The predicted molar refractivity (Wildman–Crippen MR) is 145 cm³/mol. The first-order chi connectivity index (χ1) is 20.1. The van der Waals surface area contributed by atoms with Gasteiger partial charge in [-0.3, -0.25) is 0 Å². The Balaban J connectivity index is 1.42. The number of ether oxygens (including phenoxy) is 3. The highest BCUT2D eigenvalue weighted by atomic mass is 19.4. The molecule has 0 saturated heterocycles. The number of nitrogens with zero attached hydrogens (tertiary/aromatic N) is 6. The van der Waals surface area contributed by atoms with E-state index in [1.54, 1.807) is 45.0 Å². The zero-order chi connectivity index (χ0) is 30.0. The number of hydrogen-bond acceptors (Lipinski definition) is 8. The van der Waals surface area contributed by atoms with Crippen molar-refractivity contribution in [2.24, 2.45) is 0 Å². The number of halogens is 4. The summed E-state index contributed by atoms with van der Waals surface area (Å²) in [7, 11) is 1.49. The number of imidazole rings is 1. The van der Waals surface area contributed by atoms with Crippen LogP contribution in [0.15, 0.2) is 43.0 Å². The van der Waals surface area contributed by atoms with Gasteiger partial charge < -0.3 is 18.8 Å². The van der Waals surface area contributed by atoms with Crippen LogP contribution in [0.2, 0.25) is 0 Å². The van der Waals surface area contributed by atoms with Gasteiger partial charge in [-0.15, -0.1) is 0 Å². The molecule has 0 N–H and O–H groups in total. The molecule has 9 nitrogen and oxygen atoms in total. The Morgan fingerprint density at radius 3 is 2.38 bits per heavy atom. The standard InChI is InChI=1S/C29H30F4N6O3/c1-5-22(30)42-20-12-34-25(23-24(18-10-11-18)35-15-36-28(23)40-4)38-27(20)41-14-17-6-8-19(9-7-17)26-37-21(29(31,32)33)13-39(26)16(2)3/h6-9,12-13,15-16,18,22H,5,10-11,14H2,1-4H3. The molecule has 0 amide bonds. The SMILES string of the molecule is CCC(F)Oc1cnc(-c2c(OC)ncnc2C2CC2)nc1OCc1ccc(-c2nc(C(F)(F)F)cn2C(C)C)cc1.